The van der Waals surface area contributed by atoms with Crippen LogP contribution in [0.3, 0.4) is 0 Å². The number of hydrogen-bond donors (Lipinski definition) is 2. The van der Waals surface area contributed by atoms with E-state index in [9.17, 15) is 9.59 Å². The van der Waals surface area contributed by atoms with Crippen molar-refractivity contribution in [2.75, 3.05) is 13.2 Å². The first kappa shape index (κ1) is 20.2. The molecule has 2 aromatic carbocycles. The zero-order valence-corrected chi connectivity index (χ0v) is 16.7. The van der Waals surface area contributed by atoms with Gasteiger partial charge in [-0.2, -0.15) is 0 Å². The summed E-state index contributed by atoms with van der Waals surface area (Å²) < 4.78 is 5.47. The summed E-state index contributed by atoms with van der Waals surface area (Å²) in [5, 5.41) is 11.8. The van der Waals surface area contributed by atoms with Gasteiger partial charge in [0.25, 0.3) is 0 Å². The van der Waals surface area contributed by atoms with E-state index in [0.29, 0.717) is 18.5 Å². The number of carboxylic acid groups (broad SMARTS) is 1. The number of ether oxygens (including phenoxy) is 1. The Balaban J connectivity index is 1.30. The van der Waals surface area contributed by atoms with Crippen molar-refractivity contribution in [2.45, 2.75) is 12.3 Å². The van der Waals surface area contributed by atoms with Crippen molar-refractivity contribution in [1.82, 2.24) is 10.3 Å². The lowest BCUT2D eigenvalue weighted by Gasteiger charge is -2.14. The van der Waals surface area contributed by atoms with Crippen LogP contribution in [0.1, 0.15) is 39.5 Å². The molecule has 1 aromatic heterocycles. The number of hydrogen-bond acceptors (Lipinski definition) is 4. The van der Waals surface area contributed by atoms with Gasteiger partial charge >= 0.3 is 12.1 Å². The number of rotatable bonds is 5. The van der Waals surface area contributed by atoms with E-state index in [4.69, 9.17) is 9.84 Å². The minimum Gasteiger partial charge on any atom is -0.476 e. The predicted octanol–water partition coefficient (Wildman–Crippen LogP) is 4.06. The van der Waals surface area contributed by atoms with Crippen LogP contribution in [0.15, 0.2) is 66.9 Å². The highest BCUT2D eigenvalue weighted by Gasteiger charge is 2.28. The van der Waals surface area contributed by atoms with Gasteiger partial charge in [-0.3, -0.25) is 0 Å². The first-order chi connectivity index (χ1) is 15.1. The molecule has 1 aliphatic rings. The Bertz CT molecular complexity index is 1150. The number of aromatic carboxylic acids is 1. The smallest absolute Gasteiger partial charge is 0.407 e. The summed E-state index contributed by atoms with van der Waals surface area (Å²) in [4.78, 5) is 27.1. The van der Waals surface area contributed by atoms with Crippen LogP contribution < -0.4 is 5.32 Å². The predicted molar refractivity (Wildman–Crippen MR) is 116 cm³/mol. The molecular formula is C25H20N2O4. The molecule has 6 nitrogen and oxygen atoms in total. The van der Waals surface area contributed by atoms with E-state index in [1.807, 2.05) is 24.3 Å². The normalized spacial score (nSPS) is 11.6. The molecule has 1 heterocycles. The van der Waals surface area contributed by atoms with E-state index >= 15 is 0 Å². The van der Waals surface area contributed by atoms with Crippen LogP contribution in [-0.2, 0) is 4.74 Å². The second-order valence-corrected chi connectivity index (χ2v) is 7.01. The molecule has 0 bridgehead atoms. The first-order valence-electron chi connectivity index (χ1n) is 9.91. The standard InChI is InChI=1S/C25H20N2O4/c28-24(29)23-17(9-7-15-26-23)8-5-6-14-27-25(30)31-16-22-20-12-3-1-10-18(20)19-11-2-4-13-21(19)22/h1-4,7,9-13,15,22H,6,14,16H2,(H,27,30)(H,28,29). The van der Waals surface area contributed by atoms with Crippen molar-refractivity contribution in [3.63, 3.8) is 0 Å². The Morgan fingerprint density at radius 2 is 1.68 bits per heavy atom. The van der Waals surface area contributed by atoms with Crippen LogP contribution in [0, 0.1) is 11.8 Å². The summed E-state index contributed by atoms with van der Waals surface area (Å²) >= 11 is 0. The van der Waals surface area contributed by atoms with Gasteiger partial charge in [0.05, 0.1) is 5.56 Å². The van der Waals surface area contributed by atoms with E-state index in [1.54, 1.807) is 12.1 Å². The summed E-state index contributed by atoms with van der Waals surface area (Å²) in [7, 11) is 0. The van der Waals surface area contributed by atoms with Crippen molar-refractivity contribution in [1.29, 1.82) is 0 Å². The highest BCUT2D eigenvalue weighted by Crippen LogP contribution is 2.44. The number of nitrogens with one attached hydrogen (secondary N) is 1. The average Bonchev–Trinajstić information content (AvgIpc) is 3.11. The molecule has 1 aliphatic carbocycles. The molecule has 154 valence electrons. The van der Waals surface area contributed by atoms with Crippen molar-refractivity contribution in [3.8, 4) is 23.0 Å². The molecule has 1 amide bonds. The van der Waals surface area contributed by atoms with Gasteiger partial charge in [0.15, 0.2) is 5.69 Å². The van der Waals surface area contributed by atoms with Crippen molar-refractivity contribution >= 4 is 12.1 Å². The largest absolute Gasteiger partial charge is 0.476 e. The van der Waals surface area contributed by atoms with E-state index < -0.39 is 12.1 Å². The van der Waals surface area contributed by atoms with Gasteiger partial charge in [-0.15, -0.1) is 0 Å². The van der Waals surface area contributed by atoms with Gasteiger partial charge in [0.1, 0.15) is 6.61 Å². The third-order valence-corrected chi connectivity index (χ3v) is 5.10. The number of aromatic nitrogens is 1. The summed E-state index contributed by atoms with van der Waals surface area (Å²) in [5.41, 5.74) is 4.94. The highest BCUT2D eigenvalue weighted by atomic mass is 16.5. The maximum Gasteiger partial charge on any atom is 0.407 e. The summed E-state index contributed by atoms with van der Waals surface area (Å²) in [6.07, 6.45) is 1.27. The fraction of sp³-hybridized carbons (Fsp3) is 0.160. The van der Waals surface area contributed by atoms with Gasteiger partial charge in [-0.25, -0.2) is 14.6 Å². The molecular weight excluding hydrogens is 392 g/mol. The number of alkyl carbamates (subject to hydrolysis) is 1. The minimum atomic E-state index is -1.12. The number of nitrogens with zero attached hydrogens (tertiary/aromatic N) is 1. The Kier molecular flexibility index (Phi) is 5.95. The second kappa shape index (κ2) is 9.14. The zero-order chi connectivity index (χ0) is 21.6. The van der Waals surface area contributed by atoms with Crippen LogP contribution >= 0.6 is 0 Å². The fourth-order valence-corrected chi connectivity index (χ4v) is 3.71. The van der Waals surface area contributed by atoms with E-state index in [2.05, 4.69) is 46.4 Å². The van der Waals surface area contributed by atoms with E-state index in [1.165, 1.54) is 17.3 Å². The van der Waals surface area contributed by atoms with Crippen molar-refractivity contribution in [3.05, 3.63) is 89.2 Å². The Labute approximate surface area is 179 Å². The number of fused-ring (bicyclic) bond motifs is 3. The molecule has 31 heavy (non-hydrogen) atoms. The van der Waals surface area contributed by atoms with Gasteiger partial charge in [-0.05, 0) is 34.4 Å². The van der Waals surface area contributed by atoms with Crippen LogP contribution in [0.2, 0.25) is 0 Å². The molecule has 2 N–H and O–H groups in total. The van der Waals surface area contributed by atoms with E-state index in [0.717, 1.165) is 11.1 Å². The molecule has 0 atom stereocenters. The number of pyridine rings is 1. The van der Waals surface area contributed by atoms with Gasteiger partial charge in [0.2, 0.25) is 0 Å². The lowest BCUT2D eigenvalue weighted by Crippen LogP contribution is -2.26. The summed E-state index contributed by atoms with van der Waals surface area (Å²) in [5.74, 6) is 4.52. The molecule has 0 saturated carbocycles. The molecule has 0 spiro atoms. The van der Waals surface area contributed by atoms with Crippen molar-refractivity contribution < 1.29 is 19.4 Å². The minimum absolute atomic E-state index is 0.0120. The number of benzene rings is 2. The van der Waals surface area contributed by atoms with Crippen LogP contribution in [0.5, 0.6) is 0 Å². The van der Waals surface area contributed by atoms with Crippen LogP contribution in [-0.4, -0.2) is 35.3 Å². The number of carbonyl (C=O) groups excluding carboxylic acids is 1. The first-order valence-corrected chi connectivity index (χ1v) is 9.91. The molecule has 0 aliphatic heterocycles. The number of carboxylic acids is 1. The Hall–Kier alpha value is -4.11. The second-order valence-electron chi connectivity index (χ2n) is 7.01. The SMILES string of the molecule is O=C(NCCC#Cc1cccnc1C(=O)O)OCC1c2ccccc2-c2ccccc21. The molecule has 0 fully saturated rings. The van der Waals surface area contributed by atoms with Crippen LogP contribution in [0.25, 0.3) is 11.1 Å². The molecule has 4 rings (SSSR count). The van der Waals surface area contributed by atoms with Gasteiger partial charge < -0.3 is 15.2 Å². The van der Waals surface area contributed by atoms with Crippen LogP contribution in [0.4, 0.5) is 4.79 Å². The zero-order valence-electron chi connectivity index (χ0n) is 16.7. The Morgan fingerprint density at radius 3 is 2.35 bits per heavy atom. The van der Waals surface area contributed by atoms with E-state index in [-0.39, 0.29) is 18.2 Å². The monoisotopic (exact) mass is 412 g/mol. The number of carbonyl (C=O) groups is 2. The number of amides is 1. The molecule has 0 unspecified atom stereocenters. The third-order valence-electron chi connectivity index (χ3n) is 5.10. The maximum absolute atomic E-state index is 12.1. The third kappa shape index (κ3) is 4.41. The lowest BCUT2D eigenvalue weighted by molar-refractivity contribution is 0.0690. The fourth-order valence-electron chi connectivity index (χ4n) is 3.71. The lowest BCUT2D eigenvalue weighted by atomic mass is 9.98. The average molecular weight is 412 g/mol. The quantitative estimate of drug-likeness (QED) is 0.487. The molecule has 3 aromatic rings. The maximum atomic E-state index is 12.1. The Morgan fingerprint density at radius 1 is 1.00 bits per heavy atom. The summed E-state index contributed by atoms with van der Waals surface area (Å²) in [6.45, 7) is 0.551. The summed E-state index contributed by atoms with van der Waals surface area (Å²) in [6, 6.07) is 19.6. The molecule has 0 radical (unpaired) electrons. The highest BCUT2D eigenvalue weighted by molar-refractivity contribution is 5.88. The topological polar surface area (TPSA) is 88.5 Å². The van der Waals surface area contributed by atoms with Gasteiger partial charge in [0, 0.05) is 25.1 Å². The molecule has 0 saturated heterocycles. The van der Waals surface area contributed by atoms with Gasteiger partial charge in [-0.1, -0.05) is 60.4 Å². The van der Waals surface area contributed by atoms with Crippen molar-refractivity contribution in [2.24, 2.45) is 0 Å². The molecule has 6 heteroatoms.